The Morgan fingerprint density at radius 3 is 3.10 bits per heavy atom. The van der Waals surface area contributed by atoms with Crippen molar-refractivity contribution in [3.63, 3.8) is 0 Å². The lowest BCUT2D eigenvalue weighted by Gasteiger charge is -2.44. The predicted molar refractivity (Wildman–Crippen MR) is 42.2 cm³/mol. The maximum atomic E-state index is 10.9. The van der Waals surface area contributed by atoms with Crippen LogP contribution in [0.5, 0.6) is 0 Å². The molecule has 0 bridgehead atoms. The van der Waals surface area contributed by atoms with E-state index < -0.39 is 0 Å². The molecule has 4 heteroatoms. The molecule has 2 rings (SSSR count). The van der Waals surface area contributed by atoms with Crippen LogP contribution in [-0.2, 0) is 4.79 Å². The molecule has 2 fully saturated rings. The molecule has 2 aliphatic rings. The fourth-order valence-corrected chi connectivity index (χ4v) is 2.82. The number of hydrogen-bond donors (Lipinski definition) is 0. The summed E-state index contributed by atoms with van der Waals surface area (Å²) in [5.41, 5.74) is 0. The van der Waals surface area contributed by atoms with Crippen molar-refractivity contribution in [2.75, 3.05) is 12.3 Å². The molecule has 2 atom stereocenters. The van der Waals surface area contributed by atoms with Crippen molar-refractivity contribution in [3.8, 4) is 0 Å². The van der Waals surface area contributed by atoms with Gasteiger partial charge in [0.2, 0.25) is 5.91 Å². The lowest BCUT2D eigenvalue weighted by molar-refractivity contribution is -0.141. The monoisotopic (exact) mass is 177 g/mol. The third-order valence-corrected chi connectivity index (χ3v) is 3.76. The third kappa shape index (κ3) is 0.920. The van der Waals surface area contributed by atoms with Crippen molar-refractivity contribution in [3.05, 3.63) is 0 Å². The first kappa shape index (κ1) is 6.80. The molecule has 0 aromatic heterocycles. The Kier molecular flexibility index (Phi) is 1.57. The number of carbonyl (C=O) groups excluding carboxylic acids is 1. The van der Waals surface area contributed by atoms with Gasteiger partial charge in [0.1, 0.15) is 0 Å². The number of carbonyl (C=O) groups is 1. The minimum absolute atomic E-state index is 0.172. The molecule has 0 unspecified atom stereocenters. The van der Waals surface area contributed by atoms with E-state index in [9.17, 15) is 4.79 Å². The van der Waals surface area contributed by atoms with E-state index in [1.54, 1.807) is 11.8 Å². The van der Waals surface area contributed by atoms with Crippen LogP contribution in [0.1, 0.15) is 6.42 Å². The number of nitrogens with zero attached hydrogens (tertiary/aromatic N) is 1. The van der Waals surface area contributed by atoms with Crippen LogP contribution in [0.3, 0.4) is 0 Å². The van der Waals surface area contributed by atoms with E-state index in [1.165, 1.54) is 0 Å². The third-order valence-electron chi connectivity index (χ3n) is 1.88. The number of halogens is 1. The Morgan fingerprint density at radius 1 is 1.70 bits per heavy atom. The van der Waals surface area contributed by atoms with Crippen LogP contribution in [0.2, 0.25) is 0 Å². The Morgan fingerprint density at radius 2 is 2.50 bits per heavy atom. The standard InChI is InChI=1S/C6H8ClNOS/c7-4-2-8-5(9)1-6(8)10-3-4/h4,6H,1-3H2/t4-,6-/m0/s1. The zero-order valence-corrected chi connectivity index (χ0v) is 6.99. The minimum atomic E-state index is 0.172. The van der Waals surface area contributed by atoms with Crippen molar-refractivity contribution >= 4 is 29.3 Å². The molecule has 2 aliphatic heterocycles. The zero-order valence-electron chi connectivity index (χ0n) is 5.42. The summed E-state index contributed by atoms with van der Waals surface area (Å²) in [6.45, 7) is 0.762. The van der Waals surface area contributed by atoms with Gasteiger partial charge >= 0.3 is 0 Å². The quantitative estimate of drug-likeness (QED) is 0.405. The number of rotatable bonds is 0. The van der Waals surface area contributed by atoms with Gasteiger partial charge in [0.15, 0.2) is 0 Å². The van der Waals surface area contributed by atoms with Crippen LogP contribution in [0.4, 0.5) is 0 Å². The molecule has 10 heavy (non-hydrogen) atoms. The predicted octanol–water partition coefficient (Wildman–Crippen LogP) is 0.899. The van der Waals surface area contributed by atoms with E-state index in [1.807, 2.05) is 4.90 Å². The minimum Gasteiger partial charge on any atom is -0.329 e. The summed E-state index contributed by atoms with van der Waals surface area (Å²) in [7, 11) is 0. The van der Waals surface area contributed by atoms with Gasteiger partial charge < -0.3 is 4.90 Å². The van der Waals surface area contributed by atoms with Crippen molar-refractivity contribution in [1.29, 1.82) is 0 Å². The number of hydrogen-bond acceptors (Lipinski definition) is 2. The van der Waals surface area contributed by atoms with E-state index in [4.69, 9.17) is 11.6 Å². The van der Waals surface area contributed by atoms with Gasteiger partial charge in [0.05, 0.1) is 17.2 Å². The van der Waals surface area contributed by atoms with E-state index in [0.717, 1.165) is 18.7 Å². The lowest BCUT2D eigenvalue weighted by atomic mass is 10.2. The first-order valence-corrected chi connectivity index (χ1v) is 4.81. The van der Waals surface area contributed by atoms with Gasteiger partial charge in [-0.1, -0.05) is 0 Å². The second kappa shape index (κ2) is 2.31. The number of thioether (sulfide) groups is 1. The first-order chi connectivity index (χ1) is 4.77. The maximum Gasteiger partial charge on any atom is 0.226 e. The Hall–Kier alpha value is 0.110. The Labute approximate surface area is 68.9 Å². The fourth-order valence-electron chi connectivity index (χ4n) is 1.27. The van der Waals surface area contributed by atoms with Crippen LogP contribution < -0.4 is 0 Å². The summed E-state index contributed by atoms with van der Waals surface area (Å²) in [5.74, 6) is 1.26. The topological polar surface area (TPSA) is 20.3 Å². The maximum absolute atomic E-state index is 10.9. The van der Waals surface area contributed by atoms with Gasteiger partial charge in [-0.05, 0) is 0 Å². The molecule has 0 spiro atoms. The van der Waals surface area contributed by atoms with E-state index in [2.05, 4.69) is 0 Å². The number of alkyl halides is 1. The van der Waals surface area contributed by atoms with E-state index >= 15 is 0 Å². The molecule has 2 saturated heterocycles. The molecule has 1 amide bonds. The summed E-state index contributed by atoms with van der Waals surface area (Å²) in [6.07, 6.45) is 0.730. The van der Waals surface area contributed by atoms with Crippen molar-refractivity contribution < 1.29 is 4.79 Å². The molecule has 0 aromatic carbocycles. The number of amides is 1. The molecule has 56 valence electrons. The first-order valence-electron chi connectivity index (χ1n) is 3.32. The molecule has 0 aromatic rings. The fraction of sp³-hybridized carbons (Fsp3) is 0.833. The van der Waals surface area contributed by atoms with Crippen LogP contribution in [-0.4, -0.2) is 33.9 Å². The molecule has 0 aliphatic carbocycles. The average Bonchev–Trinajstić information content (AvgIpc) is 1.92. The van der Waals surface area contributed by atoms with Gasteiger partial charge in [-0.2, -0.15) is 0 Å². The van der Waals surface area contributed by atoms with Crippen molar-refractivity contribution in [2.45, 2.75) is 17.2 Å². The highest BCUT2D eigenvalue weighted by atomic mass is 35.5. The molecular formula is C6H8ClNOS. The smallest absolute Gasteiger partial charge is 0.226 e. The second-order valence-corrected chi connectivity index (χ2v) is 4.46. The SMILES string of the molecule is O=C1C[C@@H]2SC[C@@H](Cl)CN12. The highest BCUT2D eigenvalue weighted by Gasteiger charge is 2.40. The Bertz CT molecular complexity index is 175. The van der Waals surface area contributed by atoms with Gasteiger partial charge in [0, 0.05) is 12.3 Å². The second-order valence-electron chi connectivity index (χ2n) is 2.64. The molecule has 0 saturated carbocycles. The van der Waals surface area contributed by atoms with E-state index in [0.29, 0.717) is 5.37 Å². The van der Waals surface area contributed by atoms with Gasteiger partial charge in [-0.15, -0.1) is 23.4 Å². The average molecular weight is 178 g/mol. The highest BCUT2D eigenvalue weighted by Crippen LogP contribution is 2.35. The largest absolute Gasteiger partial charge is 0.329 e. The van der Waals surface area contributed by atoms with Crippen molar-refractivity contribution in [2.24, 2.45) is 0 Å². The van der Waals surface area contributed by atoms with Crippen LogP contribution >= 0.6 is 23.4 Å². The van der Waals surface area contributed by atoms with Crippen LogP contribution in [0.15, 0.2) is 0 Å². The summed E-state index contributed by atoms with van der Waals surface area (Å²) in [6, 6.07) is 0. The number of β-lactam (4-membered cyclic amide) rings is 1. The van der Waals surface area contributed by atoms with Crippen LogP contribution in [0.25, 0.3) is 0 Å². The van der Waals surface area contributed by atoms with E-state index in [-0.39, 0.29) is 11.3 Å². The normalized spacial score (nSPS) is 38.9. The van der Waals surface area contributed by atoms with Gasteiger partial charge in [-0.3, -0.25) is 4.79 Å². The van der Waals surface area contributed by atoms with Gasteiger partial charge in [-0.25, -0.2) is 0 Å². The van der Waals surface area contributed by atoms with Crippen LogP contribution in [0, 0.1) is 0 Å². The molecule has 2 nitrogen and oxygen atoms in total. The highest BCUT2D eigenvalue weighted by molar-refractivity contribution is 8.00. The lowest BCUT2D eigenvalue weighted by Crippen LogP contribution is -2.56. The summed E-state index contributed by atoms with van der Waals surface area (Å²) >= 11 is 7.66. The number of fused-ring (bicyclic) bond motifs is 1. The zero-order chi connectivity index (χ0) is 7.14. The van der Waals surface area contributed by atoms with Crippen molar-refractivity contribution in [1.82, 2.24) is 4.90 Å². The van der Waals surface area contributed by atoms with Gasteiger partial charge in [0.25, 0.3) is 0 Å². The molecule has 2 heterocycles. The summed E-state index contributed by atoms with van der Waals surface area (Å²) in [5, 5.41) is 0.632. The summed E-state index contributed by atoms with van der Waals surface area (Å²) in [4.78, 5) is 12.7. The molecule has 0 N–H and O–H groups in total. The Balaban J connectivity index is 2.00. The molecule has 0 radical (unpaired) electrons. The summed E-state index contributed by atoms with van der Waals surface area (Å²) < 4.78 is 0. The molecular weight excluding hydrogens is 170 g/mol.